The van der Waals surface area contributed by atoms with Crippen LogP contribution in [0.5, 0.6) is 0 Å². The Bertz CT molecular complexity index is 920. The first-order valence-electron chi connectivity index (χ1n) is 11.1. The molecule has 2 aromatic rings. The Labute approximate surface area is 193 Å². The van der Waals surface area contributed by atoms with Crippen LogP contribution in [0.3, 0.4) is 0 Å². The lowest BCUT2D eigenvalue weighted by molar-refractivity contribution is -0.128. The Hall–Kier alpha value is -2.45. The summed E-state index contributed by atoms with van der Waals surface area (Å²) in [5.41, 5.74) is 2.40. The van der Waals surface area contributed by atoms with E-state index in [4.69, 9.17) is 9.84 Å². The zero-order chi connectivity index (χ0) is 23.3. The number of carbonyl (C=O) groups is 2. The molecule has 2 atom stereocenters. The highest BCUT2D eigenvalue weighted by atomic mass is 32.1. The summed E-state index contributed by atoms with van der Waals surface area (Å²) in [6.45, 7) is 8.54. The highest BCUT2D eigenvalue weighted by Crippen LogP contribution is 2.26. The molecule has 2 N–H and O–H groups in total. The van der Waals surface area contributed by atoms with Crippen molar-refractivity contribution >= 4 is 23.3 Å². The van der Waals surface area contributed by atoms with Gasteiger partial charge in [0.25, 0.3) is 0 Å². The lowest BCUT2D eigenvalue weighted by Crippen LogP contribution is -2.52. The number of aliphatic hydroxyl groups excluding tert-OH is 1. The molecular weight excluding hydrogens is 426 g/mol. The Morgan fingerprint density at radius 3 is 2.66 bits per heavy atom. The number of aliphatic hydroxyl groups is 1. The highest BCUT2D eigenvalue weighted by molar-refractivity contribution is 7.09. The van der Waals surface area contributed by atoms with Crippen LogP contribution in [-0.2, 0) is 22.5 Å². The van der Waals surface area contributed by atoms with Crippen molar-refractivity contribution in [2.75, 3.05) is 13.2 Å². The molecule has 2 heterocycles. The van der Waals surface area contributed by atoms with Crippen LogP contribution in [0.2, 0.25) is 0 Å². The van der Waals surface area contributed by atoms with E-state index in [2.05, 4.69) is 10.3 Å². The number of benzene rings is 1. The van der Waals surface area contributed by atoms with E-state index in [9.17, 15) is 9.59 Å². The predicted molar refractivity (Wildman–Crippen MR) is 125 cm³/mol. The predicted octanol–water partition coefficient (Wildman–Crippen LogP) is 4.00. The maximum Gasteiger partial charge on any atom is 0.410 e. The van der Waals surface area contributed by atoms with E-state index >= 15 is 0 Å². The van der Waals surface area contributed by atoms with Crippen LogP contribution in [0.4, 0.5) is 4.79 Å². The molecule has 1 aromatic carbocycles. The molecule has 3 rings (SSSR count). The van der Waals surface area contributed by atoms with Crippen molar-refractivity contribution in [3.05, 3.63) is 40.2 Å². The Morgan fingerprint density at radius 1 is 1.28 bits per heavy atom. The van der Waals surface area contributed by atoms with Crippen molar-refractivity contribution in [2.45, 2.75) is 65.1 Å². The maximum absolute atomic E-state index is 12.9. The molecule has 0 saturated carbocycles. The van der Waals surface area contributed by atoms with Gasteiger partial charge >= 0.3 is 6.09 Å². The third-order valence-corrected chi connectivity index (χ3v) is 6.42. The number of nitrogens with one attached hydrogen (secondary N) is 1. The van der Waals surface area contributed by atoms with E-state index in [1.165, 1.54) is 11.3 Å². The lowest BCUT2D eigenvalue weighted by atomic mass is 9.89. The van der Waals surface area contributed by atoms with Crippen molar-refractivity contribution in [1.29, 1.82) is 0 Å². The van der Waals surface area contributed by atoms with Crippen LogP contribution in [0, 0.1) is 5.92 Å². The number of hydrogen-bond acceptors (Lipinski definition) is 6. The summed E-state index contributed by atoms with van der Waals surface area (Å²) in [6, 6.07) is 7.76. The first-order chi connectivity index (χ1) is 15.2. The van der Waals surface area contributed by atoms with Crippen LogP contribution >= 0.6 is 11.3 Å². The molecule has 1 aliphatic heterocycles. The number of thiazole rings is 1. The van der Waals surface area contributed by atoms with E-state index in [0.717, 1.165) is 34.7 Å². The number of hydrogen-bond donors (Lipinski definition) is 2. The van der Waals surface area contributed by atoms with E-state index in [0.29, 0.717) is 19.5 Å². The molecule has 1 aliphatic rings. The molecule has 1 fully saturated rings. The molecule has 0 aliphatic carbocycles. The lowest BCUT2D eigenvalue weighted by Gasteiger charge is -2.39. The van der Waals surface area contributed by atoms with Crippen LogP contribution in [0.25, 0.3) is 11.3 Å². The highest BCUT2D eigenvalue weighted by Gasteiger charge is 2.37. The van der Waals surface area contributed by atoms with Gasteiger partial charge in [0.1, 0.15) is 10.6 Å². The molecule has 8 heteroatoms. The first-order valence-corrected chi connectivity index (χ1v) is 12.0. The summed E-state index contributed by atoms with van der Waals surface area (Å²) >= 11 is 1.51. The molecule has 1 aromatic heterocycles. The standard InChI is InChI=1S/C24H33N3O4S/c1-16-19(6-5-12-27(16)23(30)31-24(2,3)4)22(29)25-14-21-26-20(15-32-21)18-9-7-17(8-10-18)11-13-28/h7-10,15-16,19,28H,5-6,11-14H2,1-4H3,(H,25,29)/t16-,19-/m0/s1. The van der Waals surface area contributed by atoms with Gasteiger partial charge in [-0.2, -0.15) is 0 Å². The molecule has 174 valence electrons. The average Bonchev–Trinajstić information content (AvgIpc) is 3.21. The molecular formula is C24H33N3O4S. The van der Waals surface area contributed by atoms with Gasteiger partial charge in [-0.3, -0.25) is 4.79 Å². The van der Waals surface area contributed by atoms with E-state index in [1.54, 1.807) is 4.90 Å². The molecule has 0 spiro atoms. The second kappa shape index (κ2) is 10.4. The van der Waals surface area contributed by atoms with Crippen LogP contribution in [0.1, 0.15) is 51.1 Å². The molecule has 32 heavy (non-hydrogen) atoms. The summed E-state index contributed by atoms with van der Waals surface area (Å²) in [6.07, 6.45) is 1.79. The maximum atomic E-state index is 12.9. The Morgan fingerprint density at radius 2 is 2.00 bits per heavy atom. The number of amides is 2. The van der Waals surface area contributed by atoms with Gasteiger partial charge in [0, 0.05) is 30.1 Å². The SMILES string of the molecule is C[C@H]1[C@@H](C(=O)NCc2nc(-c3ccc(CCO)cc3)cs2)CCCN1C(=O)OC(C)(C)C. The fourth-order valence-corrected chi connectivity index (χ4v) is 4.60. The summed E-state index contributed by atoms with van der Waals surface area (Å²) < 4.78 is 5.51. The van der Waals surface area contributed by atoms with Crippen molar-refractivity contribution in [3.63, 3.8) is 0 Å². The van der Waals surface area contributed by atoms with Crippen molar-refractivity contribution in [3.8, 4) is 11.3 Å². The van der Waals surface area contributed by atoms with Crippen LogP contribution in [-0.4, -0.2) is 51.8 Å². The number of nitrogens with zero attached hydrogens (tertiary/aromatic N) is 2. The van der Waals surface area contributed by atoms with Gasteiger partial charge in [-0.25, -0.2) is 9.78 Å². The summed E-state index contributed by atoms with van der Waals surface area (Å²) in [5.74, 6) is -0.328. The third kappa shape index (κ3) is 6.29. The number of ether oxygens (including phenoxy) is 1. The fraction of sp³-hybridized carbons (Fsp3) is 0.542. The van der Waals surface area contributed by atoms with Gasteiger partial charge < -0.3 is 20.1 Å². The molecule has 2 amide bonds. The molecule has 0 bridgehead atoms. The van der Waals surface area contributed by atoms with Gasteiger partial charge in [-0.05, 0) is 52.5 Å². The minimum absolute atomic E-state index is 0.0594. The van der Waals surface area contributed by atoms with E-state index < -0.39 is 5.60 Å². The molecule has 7 nitrogen and oxygen atoms in total. The normalized spacial score (nSPS) is 19.0. The zero-order valence-corrected chi connectivity index (χ0v) is 20.1. The van der Waals surface area contributed by atoms with Crippen LogP contribution in [0.15, 0.2) is 29.6 Å². The number of likely N-dealkylation sites (tertiary alicyclic amines) is 1. The molecule has 0 unspecified atom stereocenters. The number of rotatable bonds is 6. The Balaban J connectivity index is 1.56. The smallest absolute Gasteiger partial charge is 0.410 e. The minimum atomic E-state index is -0.562. The Kier molecular flexibility index (Phi) is 7.90. The molecule has 0 radical (unpaired) electrons. The van der Waals surface area contributed by atoms with E-state index in [1.807, 2.05) is 57.3 Å². The van der Waals surface area contributed by atoms with Crippen molar-refractivity contribution in [1.82, 2.24) is 15.2 Å². The minimum Gasteiger partial charge on any atom is -0.444 e. The third-order valence-electron chi connectivity index (χ3n) is 5.57. The average molecular weight is 460 g/mol. The monoisotopic (exact) mass is 459 g/mol. The summed E-state index contributed by atoms with van der Waals surface area (Å²) in [5, 5.41) is 14.9. The number of piperidine rings is 1. The first kappa shape index (κ1) is 24.2. The van der Waals surface area contributed by atoms with Gasteiger partial charge in [0.2, 0.25) is 5.91 Å². The second-order valence-corrected chi connectivity index (χ2v) is 10.1. The topological polar surface area (TPSA) is 91.8 Å². The summed E-state index contributed by atoms with van der Waals surface area (Å²) in [4.78, 5) is 31.7. The van der Waals surface area contributed by atoms with Crippen LogP contribution < -0.4 is 5.32 Å². The van der Waals surface area contributed by atoms with Crippen molar-refractivity contribution < 1.29 is 19.4 Å². The largest absolute Gasteiger partial charge is 0.444 e. The fourth-order valence-electron chi connectivity index (χ4n) is 3.86. The zero-order valence-electron chi connectivity index (χ0n) is 19.3. The van der Waals surface area contributed by atoms with Gasteiger partial charge in [0.15, 0.2) is 0 Å². The van der Waals surface area contributed by atoms with Gasteiger partial charge in [-0.15, -0.1) is 11.3 Å². The summed E-state index contributed by atoms with van der Waals surface area (Å²) in [7, 11) is 0. The van der Waals surface area contributed by atoms with Gasteiger partial charge in [0.05, 0.1) is 18.2 Å². The van der Waals surface area contributed by atoms with E-state index in [-0.39, 0.29) is 30.6 Å². The number of carbonyl (C=O) groups excluding carboxylic acids is 2. The second-order valence-electron chi connectivity index (χ2n) is 9.18. The molecule has 1 saturated heterocycles. The van der Waals surface area contributed by atoms with Crippen molar-refractivity contribution in [2.24, 2.45) is 5.92 Å². The van der Waals surface area contributed by atoms with Gasteiger partial charge in [-0.1, -0.05) is 24.3 Å². The number of aromatic nitrogens is 1. The quantitative estimate of drug-likeness (QED) is 0.681.